The molecular weight excluding hydrogens is 366 g/mol. The zero-order chi connectivity index (χ0) is 20.4. The van der Waals surface area contributed by atoms with Crippen LogP contribution in [0.5, 0.6) is 0 Å². The van der Waals surface area contributed by atoms with Gasteiger partial charge >= 0.3 is 5.97 Å². The fourth-order valence-corrected chi connectivity index (χ4v) is 4.30. The van der Waals surface area contributed by atoms with E-state index in [1.807, 2.05) is 12.1 Å². The molecule has 6 nitrogen and oxygen atoms in total. The zero-order valence-electron chi connectivity index (χ0n) is 17.1. The molecule has 0 aromatic heterocycles. The summed E-state index contributed by atoms with van der Waals surface area (Å²) in [5.74, 6) is -0.884. The molecule has 0 saturated carbocycles. The van der Waals surface area contributed by atoms with E-state index in [0.717, 1.165) is 45.0 Å². The third kappa shape index (κ3) is 4.48. The van der Waals surface area contributed by atoms with Crippen LogP contribution in [0.25, 0.3) is 0 Å². The Bertz CT molecular complexity index is 819. The molecule has 0 spiro atoms. The van der Waals surface area contributed by atoms with Gasteiger partial charge in [0.1, 0.15) is 0 Å². The number of carbonyl (C=O) groups is 1. The molecule has 0 radical (unpaired) electrons. The Morgan fingerprint density at radius 1 is 0.759 bits per heavy atom. The maximum Gasteiger partial charge on any atom is 0.335 e. The van der Waals surface area contributed by atoms with Gasteiger partial charge in [0, 0.05) is 56.3 Å². The molecule has 2 saturated heterocycles. The summed E-state index contributed by atoms with van der Waals surface area (Å²) in [6.07, 6.45) is 0.520. The van der Waals surface area contributed by atoms with Gasteiger partial charge in [-0.3, -0.25) is 0 Å². The van der Waals surface area contributed by atoms with Crippen LogP contribution < -0.4 is 14.7 Å². The molecule has 2 heterocycles. The molecule has 2 aliphatic rings. The van der Waals surface area contributed by atoms with E-state index in [4.69, 9.17) is 9.84 Å². The van der Waals surface area contributed by atoms with Crippen LogP contribution in [0.15, 0.2) is 48.5 Å². The first-order valence-electron chi connectivity index (χ1n) is 10.3. The number of carboxylic acid groups (broad SMARTS) is 1. The Balaban J connectivity index is 1.35. The van der Waals surface area contributed by atoms with Crippen LogP contribution in [-0.4, -0.2) is 62.6 Å². The van der Waals surface area contributed by atoms with Gasteiger partial charge < -0.3 is 24.5 Å². The Labute approximate surface area is 172 Å². The van der Waals surface area contributed by atoms with Crippen LogP contribution >= 0.6 is 0 Å². The van der Waals surface area contributed by atoms with Gasteiger partial charge in [-0.2, -0.15) is 0 Å². The summed E-state index contributed by atoms with van der Waals surface area (Å²) in [7, 11) is 0. The van der Waals surface area contributed by atoms with Gasteiger partial charge in [0.25, 0.3) is 0 Å². The molecule has 4 rings (SSSR count). The summed E-state index contributed by atoms with van der Waals surface area (Å²) in [5, 5.41) is 9.05. The van der Waals surface area contributed by atoms with E-state index in [1.54, 1.807) is 12.1 Å². The maximum absolute atomic E-state index is 11.0. The summed E-state index contributed by atoms with van der Waals surface area (Å²) < 4.78 is 5.84. The summed E-state index contributed by atoms with van der Waals surface area (Å²) in [6, 6.07) is 16.0. The van der Waals surface area contributed by atoms with Crippen molar-refractivity contribution in [1.29, 1.82) is 0 Å². The number of piperazine rings is 1. The minimum atomic E-state index is -0.884. The molecule has 0 bridgehead atoms. The lowest BCUT2D eigenvalue weighted by Gasteiger charge is -2.38. The number of morpholine rings is 1. The van der Waals surface area contributed by atoms with Gasteiger partial charge in [0.2, 0.25) is 0 Å². The molecule has 2 aromatic rings. The fourth-order valence-electron chi connectivity index (χ4n) is 4.30. The van der Waals surface area contributed by atoms with Crippen LogP contribution in [-0.2, 0) is 4.74 Å². The Morgan fingerprint density at radius 2 is 1.14 bits per heavy atom. The molecule has 2 fully saturated rings. The van der Waals surface area contributed by atoms with E-state index in [-0.39, 0.29) is 12.2 Å². The first-order chi connectivity index (χ1) is 14.0. The first kappa shape index (κ1) is 19.6. The van der Waals surface area contributed by atoms with Crippen molar-refractivity contribution in [2.75, 3.05) is 54.0 Å². The van der Waals surface area contributed by atoms with Crippen LogP contribution in [0.2, 0.25) is 0 Å². The number of hydrogen-bond donors (Lipinski definition) is 1. The normalized spacial score (nSPS) is 22.6. The first-order valence-corrected chi connectivity index (χ1v) is 10.3. The molecule has 0 aliphatic carbocycles. The van der Waals surface area contributed by atoms with E-state index in [9.17, 15) is 4.79 Å². The molecule has 2 atom stereocenters. The van der Waals surface area contributed by atoms with Crippen LogP contribution in [0.3, 0.4) is 0 Å². The Kier molecular flexibility index (Phi) is 5.62. The van der Waals surface area contributed by atoms with E-state index >= 15 is 0 Å². The summed E-state index contributed by atoms with van der Waals surface area (Å²) in [6.45, 7) is 9.88. The second kappa shape index (κ2) is 8.33. The highest BCUT2D eigenvalue weighted by atomic mass is 16.5. The molecule has 0 amide bonds. The van der Waals surface area contributed by atoms with Gasteiger partial charge in [-0.15, -0.1) is 0 Å². The summed E-state index contributed by atoms with van der Waals surface area (Å²) >= 11 is 0. The van der Waals surface area contributed by atoms with Crippen molar-refractivity contribution in [2.45, 2.75) is 26.1 Å². The highest BCUT2D eigenvalue weighted by Crippen LogP contribution is 2.26. The third-order valence-corrected chi connectivity index (χ3v) is 5.76. The molecule has 1 N–H and O–H groups in total. The minimum Gasteiger partial charge on any atom is -0.478 e. The highest BCUT2D eigenvalue weighted by molar-refractivity contribution is 5.88. The number of anilines is 3. The topological polar surface area (TPSA) is 56.2 Å². The van der Waals surface area contributed by atoms with Crippen molar-refractivity contribution in [3.8, 4) is 0 Å². The van der Waals surface area contributed by atoms with E-state index in [0.29, 0.717) is 5.56 Å². The van der Waals surface area contributed by atoms with Gasteiger partial charge in [-0.05, 0) is 62.4 Å². The molecule has 154 valence electrons. The summed E-state index contributed by atoms with van der Waals surface area (Å²) in [4.78, 5) is 18.1. The van der Waals surface area contributed by atoms with Crippen molar-refractivity contribution in [3.63, 3.8) is 0 Å². The molecule has 2 aliphatic heterocycles. The predicted molar refractivity (Wildman–Crippen MR) is 116 cm³/mol. The zero-order valence-corrected chi connectivity index (χ0v) is 17.1. The van der Waals surface area contributed by atoms with Crippen molar-refractivity contribution in [2.24, 2.45) is 0 Å². The molecule has 6 heteroatoms. The largest absolute Gasteiger partial charge is 0.478 e. The maximum atomic E-state index is 11.0. The van der Waals surface area contributed by atoms with Crippen LogP contribution in [0, 0.1) is 0 Å². The summed E-state index contributed by atoms with van der Waals surface area (Å²) in [5.41, 5.74) is 3.92. The number of aromatic carboxylic acids is 1. The number of nitrogens with zero attached hydrogens (tertiary/aromatic N) is 3. The lowest BCUT2D eigenvalue weighted by atomic mass is 10.1. The number of ether oxygens (including phenoxy) is 1. The Morgan fingerprint density at radius 3 is 1.55 bits per heavy atom. The van der Waals surface area contributed by atoms with Gasteiger partial charge in [-0.25, -0.2) is 4.79 Å². The minimum absolute atomic E-state index is 0.260. The SMILES string of the molecule is C[C@@H]1CN(c2ccc(N3CCN(c4ccc(C(=O)O)cc4)CC3)cc2)C[C@H](C)O1. The lowest BCUT2D eigenvalue weighted by molar-refractivity contribution is -0.00521. The number of hydrogen-bond acceptors (Lipinski definition) is 5. The van der Waals surface area contributed by atoms with Gasteiger partial charge in [-0.1, -0.05) is 0 Å². The number of benzene rings is 2. The van der Waals surface area contributed by atoms with E-state index in [1.165, 1.54) is 11.4 Å². The monoisotopic (exact) mass is 395 g/mol. The van der Waals surface area contributed by atoms with Crippen LogP contribution in [0.1, 0.15) is 24.2 Å². The van der Waals surface area contributed by atoms with Crippen molar-refractivity contribution >= 4 is 23.0 Å². The quantitative estimate of drug-likeness (QED) is 0.857. The van der Waals surface area contributed by atoms with Gasteiger partial charge in [0.05, 0.1) is 17.8 Å². The second-order valence-corrected chi connectivity index (χ2v) is 8.00. The lowest BCUT2D eigenvalue weighted by Crippen LogP contribution is -2.46. The standard InChI is InChI=1S/C23H29N3O3/c1-17-15-26(16-18(2)29-17)22-9-7-21(8-10-22)25-13-11-24(12-14-25)20-5-3-19(4-6-20)23(27)28/h3-10,17-18H,11-16H2,1-2H3,(H,27,28)/t17-,18+. The van der Waals surface area contributed by atoms with Crippen molar-refractivity contribution in [3.05, 3.63) is 54.1 Å². The van der Waals surface area contributed by atoms with Crippen molar-refractivity contribution in [1.82, 2.24) is 0 Å². The number of carboxylic acids is 1. The number of rotatable bonds is 4. The second-order valence-electron chi connectivity index (χ2n) is 8.00. The van der Waals surface area contributed by atoms with E-state index in [2.05, 4.69) is 52.8 Å². The average Bonchev–Trinajstić information content (AvgIpc) is 2.73. The highest BCUT2D eigenvalue weighted by Gasteiger charge is 2.23. The van der Waals surface area contributed by atoms with Crippen LogP contribution in [0.4, 0.5) is 17.1 Å². The average molecular weight is 396 g/mol. The Hall–Kier alpha value is -2.73. The van der Waals surface area contributed by atoms with Crippen molar-refractivity contribution < 1.29 is 14.6 Å². The third-order valence-electron chi connectivity index (χ3n) is 5.76. The molecule has 2 aromatic carbocycles. The molecule has 29 heavy (non-hydrogen) atoms. The molecule has 0 unspecified atom stereocenters. The van der Waals surface area contributed by atoms with E-state index < -0.39 is 5.97 Å². The fraction of sp³-hybridized carbons (Fsp3) is 0.435. The smallest absolute Gasteiger partial charge is 0.335 e. The van der Waals surface area contributed by atoms with Gasteiger partial charge in [0.15, 0.2) is 0 Å². The predicted octanol–water partition coefficient (Wildman–Crippen LogP) is 3.33. The molecular formula is C23H29N3O3.